The second kappa shape index (κ2) is 10.6. The van der Waals surface area contributed by atoms with Crippen molar-refractivity contribution >= 4 is 35.0 Å². The summed E-state index contributed by atoms with van der Waals surface area (Å²) in [6, 6.07) is 16.2. The Kier molecular flexibility index (Phi) is 6.82. The number of fused-ring (bicyclic) bond motifs is 2. The number of nitrogens with one attached hydrogen (secondary N) is 1. The second-order valence-electron chi connectivity index (χ2n) is 10.6. The fraction of sp³-hybridized carbons (Fsp3) is 0.290. The minimum atomic E-state index is -1.10. The number of hydrogen-bond acceptors (Lipinski definition) is 6. The van der Waals surface area contributed by atoms with Crippen molar-refractivity contribution in [1.29, 1.82) is 0 Å². The molecule has 1 saturated carbocycles. The van der Waals surface area contributed by atoms with Crippen LogP contribution in [0.15, 0.2) is 54.6 Å². The highest BCUT2D eigenvalue weighted by atomic mass is 16.5. The Morgan fingerprint density at radius 1 is 0.902 bits per heavy atom. The fourth-order valence-electron chi connectivity index (χ4n) is 5.75. The van der Waals surface area contributed by atoms with Crippen LogP contribution in [0.1, 0.15) is 63.1 Å². The van der Waals surface area contributed by atoms with E-state index in [2.05, 4.69) is 5.32 Å². The molecule has 10 nitrogen and oxygen atoms in total. The SMILES string of the molecule is COc1ccc(N2Cc3ccc(CN4Cc5ccc(NC(=O)C(N)=O)cc5C4=O)cc3C2=O)cc1OC1CCCC1. The van der Waals surface area contributed by atoms with Crippen molar-refractivity contribution in [1.82, 2.24) is 4.90 Å². The fourth-order valence-corrected chi connectivity index (χ4v) is 5.75. The van der Waals surface area contributed by atoms with Gasteiger partial charge in [-0.15, -0.1) is 0 Å². The third-order valence-corrected chi connectivity index (χ3v) is 7.88. The van der Waals surface area contributed by atoms with Crippen molar-refractivity contribution < 1.29 is 28.7 Å². The smallest absolute Gasteiger partial charge is 0.313 e. The lowest BCUT2D eigenvalue weighted by molar-refractivity contribution is -0.134. The standard InChI is InChI=1S/C31H30N4O6/c1-40-26-11-10-22(14-27(26)41-23-4-2-3-5-23)35-17-20-7-6-18(12-24(20)31(35)39)15-34-16-19-8-9-21(13-25(19)30(34)38)33-29(37)28(32)36/h6-14,23H,2-5,15-17H2,1H3,(H2,32,36)(H,33,37). The van der Waals surface area contributed by atoms with Crippen LogP contribution in [0.25, 0.3) is 0 Å². The minimum absolute atomic E-state index is 0.107. The number of nitrogens with zero attached hydrogens (tertiary/aromatic N) is 2. The number of rotatable bonds is 7. The van der Waals surface area contributed by atoms with Gasteiger partial charge in [0.1, 0.15) is 0 Å². The van der Waals surface area contributed by atoms with E-state index in [1.165, 1.54) is 0 Å². The van der Waals surface area contributed by atoms with Crippen molar-refractivity contribution in [2.24, 2.45) is 5.73 Å². The molecule has 3 N–H and O–H groups in total. The number of ether oxygens (including phenoxy) is 2. The van der Waals surface area contributed by atoms with Crippen molar-refractivity contribution in [2.45, 2.75) is 51.4 Å². The Balaban J connectivity index is 1.17. The number of hydrogen-bond donors (Lipinski definition) is 2. The van der Waals surface area contributed by atoms with Crippen molar-refractivity contribution in [2.75, 3.05) is 17.3 Å². The van der Waals surface area contributed by atoms with Crippen LogP contribution in [-0.2, 0) is 29.2 Å². The maximum Gasteiger partial charge on any atom is 0.313 e. The highest BCUT2D eigenvalue weighted by molar-refractivity contribution is 6.39. The first kappa shape index (κ1) is 26.4. The quantitative estimate of drug-likeness (QED) is 0.428. The Morgan fingerprint density at radius 3 is 2.39 bits per heavy atom. The molecule has 41 heavy (non-hydrogen) atoms. The van der Waals surface area contributed by atoms with Gasteiger partial charge in [0, 0.05) is 41.7 Å². The van der Waals surface area contributed by atoms with E-state index in [9.17, 15) is 19.2 Å². The van der Waals surface area contributed by atoms with Gasteiger partial charge in [0.05, 0.1) is 19.8 Å². The van der Waals surface area contributed by atoms with Crippen LogP contribution < -0.4 is 25.4 Å². The molecule has 6 rings (SSSR count). The average molecular weight is 555 g/mol. The summed E-state index contributed by atoms with van der Waals surface area (Å²) in [5.74, 6) is -1.07. The second-order valence-corrected chi connectivity index (χ2v) is 10.6. The molecule has 1 aliphatic carbocycles. The van der Waals surface area contributed by atoms with Crippen LogP contribution >= 0.6 is 0 Å². The highest BCUT2D eigenvalue weighted by Crippen LogP contribution is 2.38. The molecule has 0 unspecified atom stereocenters. The van der Waals surface area contributed by atoms with E-state index in [1.807, 2.05) is 36.4 Å². The predicted molar refractivity (Wildman–Crippen MR) is 151 cm³/mol. The van der Waals surface area contributed by atoms with Gasteiger partial charge in [-0.2, -0.15) is 0 Å². The molecular weight excluding hydrogens is 524 g/mol. The largest absolute Gasteiger partial charge is 0.493 e. The first-order chi connectivity index (χ1) is 19.8. The molecule has 3 aromatic rings. The van der Waals surface area contributed by atoms with Crippen LogP contribution in [0, 0.1) is 0 Å². The molecular formula is C31H30N4O6. The number of primary amides is 1. The lowest BCUT2D eigenvalue weighted by Gasteiger charge is -2.20. The molecule has 10 heteroatoms. The first-order valence-corrected chi connectivity index (χ1v) is 13.6. The average Bonchev–Trinajstić information content (AvgIpc) is 3.67. The Labute approximate surface area is 237 Å². The van der Waals surface area contributed by atoms with Crippen LogP contribution in [0.2, 0.25) is 0 Å². The van der Waals surface area contributed by atoms with Crippen LogP contribution in [0.5, 0.6) is 11.5 Å². The van der Waals surface area contributed by atoms with Gasteiger partial charge in [0.2, 0.25) is 0 Å². The van der Waals surface area contributed by atoms with Gasteiger partial charge in [-0.3, -0.25) is 19.2 Å². The molecule has 0 bridgehead atoms. The minimum Gasteiger partial charge on any atom is -0.493 e. The molecule has 1 fully saturated rings. The van der Waals surface area contributed by atoms with Crippen LogP contribution in [0.4, 0.5) is 11.4 Å². The van der Waals surface area contributed by atoms with Gasteiger partial charge in [0.25, 0.3) is 11.8 Å². The Bertz CT molecular complexity index is 1580. The number of carbonyl (C=O) groups excluding carboxylic acids is 4. The third-order valence-electron chi connectivity index (χ3n) is 7.88. The summed E-state index contributed by atoms with van der Waals surface area (Å²) in [5.41, 5.74) is 9.69. The number of nitrogens with two attached hydrogens (primary N) is 1. The van der Waals surface area contributed by atoms with E-state index in [1.54, 1.807) is 35.1 Å². The van der Waals surface area contributed by atoms with Crippen LogP contribution in [-0.4, -0.2) is 41.7 Å². The van der Waals surface area contributed by atoms with Gasteiger partial charge >= 0.3 is 11.8 Å². The van der Waals surface area contributed by atoms with Crippen LogP contribution in [0.3, 0.4) is 0 Å². The molecule has 0 spiro atoms. The highest BCUT2D eigenvalue weighted by Gasteiger charge is 2.32. The summed E-state index contributed by atoms with van der Waals surface area (Å²) >= 11 is 0. The predicted octanol–water partition coefficient (Wildman–Crippen LogP) is 3.76. The number of carbonyl (C=O) groups is 4. The zero-order chi connectivity index (χ0) is 28.7. The lowest BCUT2D eigenvalue weighted by atomic mass is 10.1. The molecule has 3 aromatic carbocycles. The van der Waals surface area contributed by atoms with Gasteiger partial charge in [-0.1, -0.05) is 18.2 Å². The summed E-state index contributed by atoms with van der Waals surface area (Å²) in [6.45, 7) is 1.15. The number of anilines is 2. The summed E-state index contributed by atoms with van der Waals surface area (Å²) in [4.78, 5) is 52.8. The molecule has 0 aromatic heterocycles. The maximum absolute atomic E-state index is 13.5. The maximum atomic E-state index is 13.5. The Morgan fingerprint density at radius 2 is 1.63 bits per heavy atom. The van der Waals surface area contributed by atoms with E-state index >= 15 is 0 Å². The topological polar surface area (TPSA) is 131 Å². The van der Waals surface area contributed by atoms with Gasteiger partial charge in [0.15, 0.2) is 11.5 Å². The summed E-state index contributed by atoms with van der Waals surface area (Å²) in [7, 11) is 1.61. The third kappa shape index (κ3) is 5.08. The first-order valence-electron chi connectivity index (χ1n) is 13.6. The van der Waals surface area contributed by atoms with Crippen molar-refractivity contribution in [3.63, 3.8) is 0 Å². The molecule has 210 valence electrons. The van der Waals surface area contributed by atoms with Crippen molar-refractivity contribution in [3.05, 3.63) is 82.4 Å². The van der Waals surface area contributed by atoms with E-state index in [4.69, 9.17) is 15.2 Å². The molecule has 0 saturated heterocycles. The molecule has 2 aliphatic heterocycles. The molecule has 3 aliphatic rings. The zero-order valence-corrected chi connectivity index (χ0v) is 22.6. The Hall–Kier alpha value is -4.86. The van der Waals surface area contributed by atoms with Gasteiger partial charge in [-0.25, -0.2) is 0 Å². The number of benzene rings is 3. The summed E-state index contributed by atoms with van der Waals surface area (Å²) in [5, 5.41) is 2.39. The number of amides is 4. The van der Waals surface area contributed by atoms with Gasteiger partial charge in [-0.05, 0) is 72.7 Å². The van der Waals surface area contributed by atoms with E-state index < -0.39 is 11.8 Å². The zero-order valence-electron chi connectivity index (χ0n) is 22.6. The monoisotopic (exact) mass is 554 g/mol. The molecule has 0 atom stereocenters. The normalized spacial score (nSPS) is 16.1. The summed E-state index contributed by atoms with van der Waals surface area (Å²) < 4.78 is 11.7. The van der Waals surface area contributed by atoms with Crippen molar-refractivity contribution in [3.8, 4) is 11.5 Å². The van der Waals surface area contributed by atoms with E-state index in [0.29, 0.717) is 47.9 Å². The van der Waals surface area contributed by atoms with Gasteiger partial charge < -0.3 is 30.3 Å². The molecule has 4 amide bonds. The molecule has 2 heterocycles. The molecule has 0 radical (unpaired) electrons. The van der Waals surface area contributed by atoms with E-state index in [0.717, 1.165) is 48.1 Å². The number of methoxy groups -OCH3 is 1. The van der Waals surface area contributed by atoms with E-state index in [-0.39, 0.29) is 17.9 Å². The lowest BCUT2D eigenvalue weighted by Crippen LogP contribution is -2.29. The summed E-state index contributed by atoms with van der Waals surface area (Å²) in [6.07, 6.45) is 4.50.